The lowest BCUT2D eigenvalue weighted by Crippen LogP contribution is -2.30. The van der Waals surface area contributed by atoms with E-state index in [1.165, 1.54) is 31.2 Å². The average Bonchev–Trinajstić information content (AvgIpc) is 2.50. The van der Waals surface area contributed by atoms with Crippen molar-refractivity contribution < 1.29 is 27.1 Å². The van der Waals surface area contributed by atoms with Crippen LogP contribution in [0.5, 0.6) is 5.75 Å². The first-order chi connectivity index (χ1) is 11.2. The molecule has 0 aliphatic carbocycles. The number of anilines is 1. The molecular formula is C16H12ClF4NO2. The van der Waals surface area contributed by atoms with Gasteiger partial charge in [-0.1, -0.05) is 11.6 Å². The molecule has 2 aromatic carbocycles. The van der Waals surface area contributed by atoms with Gasteiger partial charge in [-0.15, -0.1) is 0 Å². The molecule has 8 heteroatoms. The number of rotatable bonds is 4. The molecule has 0 radical (unpaired) electrons. The van der Waals surface area contributed by atoms with Crippen molar-refractivity contribution in [1.29, 1.82) is 0 Å². The second kappa shape index (κ2) is 7.09. The van der Waals surface area contributed by atoms with E-state index in [2.05, 4.69) is 5.32 Å². The van der Waals surface area contributed by atoms with Gasteiger partial charge in [-0.2, -0.15) is 13.2 Å². The van der Waals surface area contributed by atoms with E-state index in [-0.39, 0.29) is 10.8 Å². The van der Waals surface area contributed by atoms with Crippen molar-refractivity contribution in [3.8, 4) is 5.75 Å². The monoisotopic (exact) mass is 361 g/mol. The molecule has 0 bridgehead atoms. The van der Waals surface area contributed by atoms with Crippen LogP contribution in [-0.2, 0) is 11.0 Å². The van der Waals surface area contributed by atoms with Crippen molar-refractivity contribution in [2.75, 3.05) is 5.32 Å². The summed E-state index contributed by atoms with van der Waals surface area (Å²) < 4.78 is 55.8. The minimum absolute atomic E-state index is 0.0496. The Labute approximate surface area is 140 Å². The molecular weight excluding hydrogens is 350 g/mol. The minimum atomic E-state index is -4.52. The van der Waals surface area contributed by atoms with Gasteiger partial charge in [-0.25, -0.2) is 4.39 Å². The molecule has 0 saturated heterocycles. The lowest BCUT2D eigenvalue weighted by Gasteiger charge is -2.16. The molecule has 0 aliphatic rings. The van der Waals surface area contributed by atoms with E-state index in [4.69, 9.17) is 16.3 Å². The summed E-state index contributed by atoms with van der Waals surface area (Å²) in [6, 6.07) is 7.66. The molecule has 24 heavy (non-hydrogen) atoms. The fraction of sp³-hybridized carbons (Fsp3) is 0.188. The lowest BCUT2D eigenvalue weighted by atomic mass is 10.2. The largest absolute Gasteiger partial charge is 0.479 e. The summed E-state index contributed by atoms with van der Waals surface area (Å²) in [5, 5.41) is 2.23. The summed E-state index contributed by atoms with van der Waals surface area (Å²) in [6.45, 7) is 1.41. The first kappa shape index (κ1) is 18.1. The maximum absolute atomic E-state index is 12.8. The van der Waals surface area contributed by atoms with Gasteiger partial charge in [0.05, 0.1) is 10.6 Å². The van der Waals surface area contributed by atoms with Crippen molar-refractivity contribution >= 4 is 23.2 Å². The molecule has 0 heterocycles. The highest BCUT2D eigenvalue weighted by Crippen LogP contribution is 2.35. The highest BCUT2D eigenvalue weighted by molar-refractivity contribution is 6.32. The molecule has 2 aromatic rings. The van der Waals surface area contributed by atoms with Crippen molar-refractivity contribution in [3.63, 3.8) is 0 Å². The topological polar surface area (TPSA) is 38.3 Å². The minimum Gasteiger partial charge on any atom is -0.479 e. The zero-order valence-corrected chi connectivity index (χ0v) is 13.1. The summed E-state index contributed by atoms with van der Waals surface area (Å²) in [5.41, 5.74) is -0.557. The fourth-order valence-corrected chi connectivity index (χ4v) is 2.02. The number of halogens is 5. The van der Waals surface area contributed by atoms with E-state index in [0.29, 0.717) is 5.69 Å². The zero-order chi connectivity index (χ0) is 17.9. The summed E-state index contributed by atoms with van der Waals surface area (Å²) in [4.78, 5) is 12.0. The maximum Gasteiger partial charge on any atom is 0.416 e. The van der Waals surface area contributed by atoms with Gasteiger partial charge >= 0.3 is 6.18 Å². The third-order valence-electron chi connectivity index (χ3n) is 3.04. The Bertz CT molecular complexity index is 732. The molecule has 0 spiro atoms. The van der Waals surface area contributed by atoms with E-state index >= 15 is 0 Å². The molecule has 128 valence electrons. The number of amides is 1. The molecule has 0 saturated carbocycles. The van der Waals surface area contributed by atoms with Gasteiger partial charge in [-0.3, -0.25) is 4.79 Å². The average molecular weight is 362 g/mol. The van der Waals surface area contributed by atoms with Crippen molar-refractivity contribution in [2.45, 2.75) is 19.2 Å². The van der Waals surface area contributed by atoms with E-state index < -0.39 is 29.6 Å². The van der Waals surface area contributed by atoms with Crippen molar-refractivity contribution in [2.24, 2.45) is 0 Å². The van der Waals surface area contributed by atoms with Crippen molar-refractivity contribution in [3.05, 3.63) is 58.9 Å². The summed E-state index contributed by atoms with van der Waals surface area (Å²) in [7, 11) is 0. The fourth-order valence-electron chi connectivity index (χ4n) is 1.79. The highest BCUT2D eigenvalue weighted by atomic mass is 35.5. The molecule has 0 fully saturated rings. The Hall–Kier alpha value is -2.28. The summed E-state index contributed by atoms with van der Waals surface area (Å²) in [6.07, 6.45) is -5.54. The Morgan fingerprint density at radius 3 is 2.33 bits per heavy atom. The Balaban J connectivity index is 2.04. The third kappa shape index (κ3) is 4.61. The van der Waals surface area contributed by atoms with Gasteiger partial charge in [0.1, 0.15) is 11.6 Å². The molecule has 1 N–H and O–H groups in total. The molecule has 1 amide bonds. The van der Waals surface area contributed by atoms with Crippen LogP contribution in [0.2, 0.25) is 5.02 Å². The molecule has 0 aliphatic heterocycles. The molecule has 1 unspecified atom stereocenters. The van der Waals surface area contributed by atoms with Crippen LogP contribution in [0.25, 0.3) is 0 Å². The molecule has 2 rings (SSSR count). The Kier molecular flexibility index (Phi) is 5.33. The molecule has 0 aromatic heterocycles. The number of nitrogens with one attached hydrogen (secondary N) is 1. The van der Waals surface area contributed by atoms with Gasteiger partial charge in [-0.05, 0) is 49.4 Å². The van der Waals surface area contributed by atoms with Gasteiger partial charge in [0, 0.05) is 5.69 Å². The van der Waals surface area contributed by atoms with Crippen LogP contribution in [0.4, 0.5) is 23.2 Å². The van der Waals surface area contributed by atoms with Crippen LogP contribution in [0.15, 0.2) is 42.5 Å². The number of carbonyl (C=O) groups is 1. The maximum atomic E-state index is 12.8. The quantitative estimate of drug-likeness (QED) is 0.786. The molecule has 3 nitrogen and oxygen atoms in total. The number of hydrogen-bond acceptors (Lipinski definition) is 2. The van der Waals surface area contributed by atoms with Gasteiger partial charge in [0.25, 0.3) is 5.91 Å². The van der Waals surface area contributed by atoms with Gasteiger partial charge in [0.2, 0.25) is 0 Å². The van der Waals surface area contributed by atoms with E-state index in [0.717, 1.165) is 18.2 Å². The number of benzene rings is 2. The number of hydrogen-bond donors (Lipinski definition) is 1. The SMILES string of the molecule is CC(Oc1ccc(C(F)(F)F)cc1Cl)C(=O)Nc1ccc(F)cc1. The predicted octanol–water partition coefficient (Wildman–Crippen LogP) is 4.90. The van der Waals surface area contributed by atoms with Crippen LogP contribution in [-0.4, -0.2) is 12.0 Å². The standard InChI is InChI=1S/C16H12ClF4NO2/c1-9(15(23)22-12-5-3-11(18)4-6-12)24-14-7-2-10(8-13(14)17)16(19,20)21/h2-9H,1H3,(H,22,23). The van der Waals surface area contributed by atoms with Gasteiger partial charge in [0.15, 0.2) is 6.10 Å². The number of ether oxygens (including phenoxy) is 1. The predicted molar refractivity (Wildman–Crippen MR) is 81.6 cm³/mol. The second-order valence-electron chi connectivity index (χ2n) is 4.90. The van der Waals surface area contributed by atoms with Crippen LogP contribution in [0.3, 0.4) is 0 Å². The lowest BCUT2D eigenvalue weighted by molar-refractivity contribution is -0.137. The van der Waals surface area contributed by atoms with Crippen LogP contribution < -0.4 is 10.1 Å². The normalized spacial score (nSPS) is 12.6. The summed E-state index contributed by atoms with van der Waals surface area (Å²) in [5.74, 6) is -1.06. The van der Waals surface area contributed by atoms with E-state index in [1.54, 1.807) is 0 Å². The Morgan fingerprint density at radius 2 is 1.79 bits per heavy atom. The van der Waals surface area contributed by atoms with Crippen molar-refractivity contribution in [1.82, 2.24) is 0 Å². The van der Waals surface area contributed by atoms with Crippen LogP contribution in [0, 0.1) is 5.82 Å². The third-order valence-corrected chi connectivity index (χ3v) is 3.34. The Morgan fingerprint density at radius 1 is 1.17 bits per heavy atom. The zero-order valence-electron chi connectivity index (χ0n) is 12.3. The molecule has 1 atom stereocenters. The van der Waals surface area contributed by atoms with Crippen LogP contribution >= 0.6 is 11.6 Å². The van der Waals surface area contributed by atoms with Crippen LogP contribution in [0.1, 0.15) is 12.5 Å². The smallest absolute Gasteiger partial charge is 0.416 e. The first-order valence-corrected chi connectivity index (χ1v) is 7.14. The number of carbonyl (C=O) groups excluding carboxylic acids is 1. The van der Waals surface area contributed by atoms with E-state index in [1.807, 2.05) is 0 Å². The first-order valence-electron chi connectivity index (χ1n) is 6.76. The van der Waals surface area contributed by atoms with E-state index in [9.17, 15) is 22.4 Å². The number of alkyl halides is 3. The second-order valence-corrected chi connectivity index (χ2v) is 5.31. The summed E-state index contributed by atoms with van der Waals surface area (Å²) >= 11 is 5.76. The van der Waals surface area contributed by atoms with Gasteiger partial charge < -0.3 is 10.1 Å². The highest BCUT2D eigenvalue weighted by Gasteiger charge is 2.31.